The van der Waals surface area contributed by atoms with Crippen LogP contribution in [0.3, 0.4) is 0 Å². The average molecular weight is 257 g/mol. The number of aromatic nitrogens is 1. The molecule has 0 fully saturated rings. The Bertz CT molecular complexity index is 622. The van der Waals surface area contributed by atoms with Crippen LogP contribution < -0.4 is 0 Å². The SMILES string of the molecule is CN(Cc1cn2ccccc2c1C#N)C(C)(C)CO. The maximum Gasteiger partial charge on any atom is 0.102 e. The van der Waals surface area contributed by atoms with Gasteiger partial charge in [0.2, 0.25) is 0 Å². The van der Waals surface area contributed by atoms with Crippen molar-refractivity contribution in [2.75, 3.05) is 13.7 Å². The van der Waals surface area contributed by atoms with Crippen LogP contribution in [0.5, 0.6) is 0 Å². The molecule has 0 bridgehead atoms. The van der Waals surface area contributed by atoms with Gasteiger partial charge in [0.25, 0.3) is 0 Å². The standard InChI is InChI=1S/C15H19N3O/c1-15(2,11-19)17(3)9-12-10-18-7-5-4-6-14(18)13(12)8-16/h4-7,10,19H,9,11H2,1-3H3. The van der Waals surface area contributed by atoms with E-state index in [4.69, 9.17) is 0 Å². The van der Waals surface area contributed by atoms with Crippen LogP contribution in [-0.4, -0.2) is 33.6 Å². The van der Waals surface area contributed by atoms with E-state index in [1.165, 1.54) is 0 Å². The Morgan fingerprint density at radius 3 is 2.79 bits per heavy atom. The first-order valence-electron chi connectivity index (χ1n) is 6.30. The van der Waals surface area contributed by atoms with Gasteiger partial charge in [0.15, 0.2) is 0 Å². The van der Waals surface area contributed by atoms with Gasteiger partial charge in [-0.2, -0.15) is 5.26 Å². The van der Waals surface area contributed by atoms with Crippen LogP contribution in [0.15, 0.2) is 30.6 Å². The average Bonchev–Trinajstić information content (AvgIpc) is 2.75. The van der Waals surface area contributed by atoms with Crippen LogP contribution in [0.2, 0.25) is 0 Å². The van der Waals surface area contributed by atoms with E-state index in [9.17, 15) is 10.4 Å². The van der Waals surface area contributed by atoms with Gasteiger partial charge in [-0.1, -0.05) is 6.07 Å². The molecule has 2 rings (SSSR count). The molecule has 19 heavy (non-hydrogen) atoms. The Morgan fingerprint density at radius 2 is 2.16 bits per heavy atom. The van der Waals surface area contributed by atoms with Gasteiger partial charge in [-0.25, -0.2) is 0 Å². The molecule has 0 unspecified atom stereocenters. The van der Waals surface area contributed by atoms with E-state index in [1.807, 2.05) is 55.9 Å². The fraction of sp³-hybridized carbons (Fsp3) is 0.400. The van der Waals surface area contributed by atoms with Gasteiger partial charge in [0.1, 0.15) is 6.07 Å². The third-order valence-electron chi connectivity index (χ3n) is 3.70. The van der Waals surface area contributed by atoms with Crippen molar-refractivity contribution in [3.8, 4) is 6.07 Å². The Balaban J connectivity index is 2.39. The third-order valence-corrected chi connectivity index (χ3v) is 3.70. The number of pyridine rings is 1. The Morgan fingerprint density at radius 1 is 1.42 bits per heavy atom. The molecular formula is C15H19N3O. The van der Waals surface area contributed by atoms with E-state index >= 15 is 0 Å². The van der Waals surface area contributed by atoms with Crippen molar-refractivity contribution in [1.82, 2.24) is 9.30 Å². The zero-order valence-electron chi connectivity index (χ0n) is 11.6. The van der Waals surface area contributed by atoms with E-state index in [0.717, 1.165) is 11.1 Å². The number of hydrogen-bond acceptors (Lipinski definition) is 3. The molecule has 0 aliphatic carbocycles. The second kappa shape index (κ2) is 5.04. The summed E-state index contributed by atoms with van der Waals surface area (Å²) in [6.07, 6.45) is 3.93. The highest BCUT2D eigenvalue weighted by Crippen LogP contribution is 2.22. The molecule has 2 aromatic rings. The predicted molar refractivity (Wildman–Crippen MR) is 74.7 cm³/mol. The summed E-state index contributed by atoms with van der Waals surface area (Å²) in [7, 11) is 1.96. The van der Waals surface area contributed by atoms with Gasteiger partial charge < -0.3 is 9.51 Å². The molecule has 0 aliphatic heterocycles. The van der Waals surface area contributed by atoms with Gasteiger partial charge in [0.05, 0.1) is 17.7 Å². The highest BCUT2D eigenvalue weighted by molar-refractivity contribution is 5.65. The second-order valence-corrected chi connectivity index (χ2v) is 5.46. The van der Waals surface area contributed by atoms with E-state index in [-0.39, 0.29) is 12.1 Å². The van der Waals surface area contributed by atoms with Gasteiger partial charge >= 0.3 is 0 Å². The lowest BCUT2D eigenvalue weighted by atomic mass is 10.0. The zero-order chi connectivity index (χ0) is 14.0. The predicted octanol–water partition coefficient (Wildman–Crippen LogP) is 2.01. The number of aliphatic hydroxyl groups is 1. The van der Waals surface area contributed by atoms with Gasteiger partial charge in [-0.3, -0.25) is 4.90 Å². The first-order chi connectivity index (χ1) is 8.99. The first-order valence-corrected chi connectivity index (χ1v) is 6.30. The molecular weight excluding hydrogens is 238 g/mol. The molecule has 0 aliphatic rings. The minimum absolute atomic E-state index is 0.0821. The fourth-order valence-corrected chi connectivity index (χ4v) is 2.02. The normalized spacial score (nSPS) is 12.0. The lowest BCUT2D eigenvalue weighted by Gasteiger charge is -2.33. The highest BCUT2D eigenvalue weighted by Gasteiger charge is 2.24. The summed E-state index contributed by atoms with van der Waals surface area (Å²) in [5.74, 6) is 0. The fourth-order valence-electron chi connectivity index (χ4n) is 2.02. The van der Waals surface area contributed by atoms with Crippen molar-refractivity contribution < 1.29 is 5.11 Å². The molecule has 4 nitrogen and oxygen atoms in total. The molecule has 1 N–H and O–H groups in total. The molecule has 0 aromatic carbocycles. The summed E-state index contributed by atoms with van der Waals surface area (Å²) < 4.78 is 1.97. The second-order valence-electron chi connectivity index (χ2n) is 5.46. The summed E-state index contributed by atoms with van der Waals surface area (Å²) in [5, 5.41) is 18.7. The van der Waals surface area contributed by atoms with Crippen molar-refractivity contribution in [2.45, 2.75) is 25.9 Å². The largest absolute Gasteiger partial charge is 0.394 e. The maximum atomic E-state index is 9.40. The van der Waals surface area contributed by atoms with Crippen LogP contribution in [0.1, 0.15) is 25.0 Å². The Labute approximate surface area is 113 Å². The van der Waals surface area contributed by atoms with Gasteiger partial charge in [-0.15, -0.1) is 0 Å². The van der Waals surface area contributed by atoms with Crippen molar-refractivity contribution >= 4 is 5.52 Å². The van der Waals surface area contributed by atoms with E-state index in [2.05, 4.69) is 11.0 Å². The summed E-state index contributed by atoms with van der Waals surface area (Å²) in [5.41, 5.74) is 2.31. The van der Waals surface area contributed by atoms with E-state index < -0.39 is 0 Å². The van der Waals surface area contributed by atoms with Crippen molar-refractivity contribution in [3.63, 3.8) is 0 Å². The lowest BCUT2D eigenvalue weighted by Crippen LogP contribution is -2.43. The number of nitriles is 1. The lowest BCUT2D eigenvalue weighted by molar-refractivity contribution is 0.0733. The van der Waals surface area contributed by atoms with Crippen LogP contribution in [0, 0.1) is 11.3 Å². The number of aliphatic hydroxyl groups excluding tert-OH is 1. The highest BCUT2D eigenvalue weighted by atomic mass is 16.3. The van der Waals surface area contributed by atoms with Gasteiger partial charge in [0, 0.05) is 30.0 Å². The number of likely N-dealkylation sites (N-methyl/N-ethyl adjacent to an activating group) is 1. The van der Waals surface area contributed by atoms with Crippen LogP contribution in [0.4, 0.5) is 0 Å². The monoisotopic (exact) mass is 257 g/mol. The number of rotatable bonds is 4. The summed E-state index contributed by atoms with van der Waals surface area (Å²) in [6, 6.07) is 8.10. The summed E-state index contributed by atoms with van der Waals surface area (Å²) >= 11 is 0. The number of fused-ring (bicyclic) bond motifs is 1. The summed E-state index contributed by atoms with van der Waals surface area (Å²) in [6.45, 7) is 4.68. The van der Waals surface area contributed by atoms with Crippen molar-refractivity contribution in [1.29, 1.82) is 5.26 Å². The molecule has 0 saturated carbocycles. The molecule has 0 spiro atoms. The maximum absolute atomic E-state index is 9.40. The zero-order valence-corrected chi connectivity index (χ0v) is 11.6. The van der Waals surface area contributed by atoms with Crippen molar-refractivity contribution in [3.05, 3.63) is 41.7 Å². The molecule has 0 atom stereocenters. The quantitative estimate of drug-likeness (QED) is 0.911. The molecule has 2 heterocycles. The number of nitrogens with zero attached hydrogens (tertiary/aromatic N) is 3. The molecule has 0 radical (unpaired) electrons. The minimum atomic E-state index is -0.305. The molecule has 2 aromatic heterocycles. The first kappa shape index (κ1) is 13.6. The van der Waals surface area contributed by atoms with Crippen LogP contribution >= 0.6 is 0 Å². The van der Waals surface area contributed by atoms with E-state index in [0.29, 0.717) is 12.1 Å². The molecule has 4 heteroatoms. The van der Waals surface area contributed by atoms with Crippen molar-refractivity contribution in [2.24, 2.45) is 0 Å². The van der Waals surface area contributed by atoms with Crippen LogP contribution in [0.25, 0.3) is 5.52 Å². The molecule has 0 amide bonds. The minimum Gasteiger partial charge on any atom is -0.394 e. The summed E-state index contributed by atoms with van der Waals surface area (Å²) in [4.78, 5) is 2.06. The molecule has 100 valence electrons. The number of hydrogen-bond donors (Lipinski definition) is 1. The van der Waals surface area contributed by atoms with Gasteiger partial charge in [-0.05, 0) is 33.0 Å². The Hall–Kier alpha value is -1.83. The van der Waals surface area contributed by atoms with E-state index in [1.54, 1.807) is 0 Å². The Kier molecular flexibility index (Phi) is 3.61. The molecule has 0 saturated heterocycles. The smallest absolute Gasteiger partial charge is 0.102 e. The topological polar surface area (TPSA) is 51.7 Å². The third kappa shape index (κ3) is 2.48. The van der Waals surface area contributed by atoms with Crippen LogP contribution in [-0.2, 0) is 6.54 Å².